The van der Waals surface area contributed by atoms with Crippen molar-refractivity contribution in [2.24, 2.45) is 0 Å². The normalized spacial score (nSPS) is 10.9. The topological polar surface area (TPSA) is 103 Å². The van der Waals surface area contributed by atoms with Crippen molar-refractivity contribution in [3.05, 3.63) is 77.3 Å². The number of carbonyl (C=O) groups excluding carboxylic acids is 1. The molecule has 29 heavy (non-hydrogen) atoms. The van der Waals surface area contributed by atoms with Crippen LogP contribution >= 0.6 is 0 Å². The highest BCUT2D eigenvalue weighted by Crippen LogP contribution is 2.15. The third-order valence-electron chi connectivity index (χ3n) is 4.51. The van der Waals surface area contributed by atoms with Gasteiger partial charge in [0.25, 0.3) is 5.91 Å². The third kappa shape index (κ3) is 3.75. The molecule has 9 nitrogen and oxygen atoms in total. The number of rotatable bonds is 5. The molecule has 3 heterocycles. The number of carbonyl (C=O) groups is 1. The average Bonchev–Trinajstić information content (AvgIpc) is 3.36. The molecule has 0 atom stereocenters. The maximum absolute atomic E-state index is 12.7. The molecule has 0 saturated carbocycles. The van der Waals surface area contributed by atoms with E-state index in [1.165, 1.54) is 11.1 Å². The number of nitrogens with zero attached hydrogens (tertiary/aromatic N) is 7. The second-order valence-corrected chi connectivity index (χ2v) is 6.72. The summed E-state index contributed by atoms with van der Waals surface area (Å²) in [5, 5.41) is 15.8. The summed E-state index contributed by atoms with van der Waals surface area (Å²) in [5.74, 6) is 0.313. The van der Waals surface area contributed by atoms with Gasteiger partial charge in [-0.3, -0.25) is 4.79 Å². The molecule has 0 aliphatic rings. The highest BCUT2D eigenvalue weighted by Gasteiger charge is 2.18. The van der Waals surface area contributed by atoms with Gasteiger partial charge in [0.2, 0.25) is 0 Å². The average molecular weight is 388 g/mol. The van der Waals surface area contributed by atoms with Gasteiger partial charge in [-0.15, -0.1) is 5.10 Å². The summed E-state index contributed by atoms with van der Waals surface area (Å²) in [5.41, 5.74) is 4.71. The molecule has 1 amide bonds. The van der Waals surface area contributed by atoms with Gasteiger partial charge in [0.15, 0.2) is 11.5 Å². The molecule has 0 radical (unpaired) electrons. The maximum atomic E-state index is 12.7. The minimum atomic E-state index is -0.299. The number of amides is 1. The van der Waals surface area contributed by atoms with Crippen molar-refractivity contribution < 1.29 is 4.79 Å². The first-order valence-electron chi connectivity index (χ1n) is 9.11. The van der Waals surface area contributed by atoms with E-state index in [1.807, 2.05) is 38.1 Å². The predicted octanol–water partition coefficient (Wildman–Crippen LogP) is 2.10. The molecule has 0 spiro atoms. The molecule has 9 heteroatoms. The summed E-state index contributed by atoms with van der Waals surface area (Å²) in [6.45, 7) is 6.07. The Morgan fingerprint density at radius 2 is 2.00 bits per heavy atom. The quantitative estimate of drug-likeness (QED) is 0.562. The maximum Gasteiger partial charge on any atom is 0.274 e. The fraction of sp³-hybridized carbons (Fsp3) is 0.200. The van der Waals surface area contributed by atoms with Crippen LogP contribution in [0, 0.1) is 20.8 Å². The summed E-state index contributed by atoms with van der Waals surface area (Å²) >= 11 is 0. The van der Waals surface area contributed by atoms with Crippen LogP contribution in [0.1, 0.15) is 32.9 Å². The summed E-state index contributed by atoms with van der Waals surface area (Å²) in [6, 6.07) is 9.69. The van der Waals surface area contributed by atoms with E-state index in [-0.39, 0.29) is 18.1 Å². The van der Waals surface area contributed by atoms with Crippen LogP contribution in [0.25, 0.3) is 11.5 Å². The lowest BCUT2D eigenvalue weighted by Gasteiger charge is -2.08. The molecule has 0 bridgehead atoms. The first-order valence-corrected chi connectivity index (χ1v) is 9.11. The predicted molar refractivity (Wildman–Crippen MR) is 106 cm³/mol. The smallest absolute Gasteiger partial charge is 0.274 e. The molecule has 0 unspecified atom stereocenters. The van der Waals surface area contributed by atoms with Gasteiger partial charge in [-0.05, 0) is 38.5 Å². The van der Waals surface area contributed by atoms with E-state index in [4.69, 9.17) is 0 Å². The van der Waals surface area contributed by atoms with Gasteiger partial charge in [0, 0.05) is 18.3 Å². The van der Waals surface area contributed by atoms with E-state index in [0.29, 0.717) is 11.5 Å². The van der Waals surface area contributed by atoms with Crippen LogP contribution in [0.5, 0.6) is 0 Å². The Morgan fingerprint density at radius 1 is 1.14 bits per heavy atom. The number of aryl methyl sites for hydroxylation is 3. The van der Waals surface area contributed by atoms with Gasteiger partial charge in [-0.2, -0.15) is 15.0 Å². The van der Waals surface area contributed by atoms with Crippen molar-refractivity contribution >= 4 is 5.91 Å². The number of pyridine rings is 1. The van der Waals surface area contributed by atoms with Crippen molar-refractivity contribution in [2.75, 3.05) is 0 Å². The highest BCUT2D eigenvalue weighted by atomic mass is 16.2. The molecule has 1 N–H and O–H groups in total. The fourth-order valence-corrected chi connectivity index (χ4v) is 3.08. The van der Waals surface area contributed by atoms with Crippen molar-refractivity contribution in [3.63, 3.8) is 0 Å². The number of benzene rings is 1. The second-order valence-electron chi connectivity index (χ2n) is 6.72. The lowest BCUT2D eigenvalue weighted by atomic mass is 10.1. The Kier molecular flexibility index (Phi) is 4.86. The van der Waals surface area contributed by atoms with Crippen molar-refractivity contribution in [3.8, 4) is 11.5 Å². The van der Waals surface area contributed by atoms with Crippen LogP contribution in [0.4, 0.5) is 0 Å². The largest absolute Gasteiger partial charge is 0.346 e. The van der Waals surface area contributed by atoms with Gasteiger partial charge in [-0.1, -0.05) is 23.8 Å². The fourth-order valence-electron chi connectivity index (χ4n) is 3.08. The first kappa shape index (κ1) is 18.5. The molecular weight excluding hydrogens is 368 g/mol. The van der Waals surface area contributed by atoms with Gasteiger partial charge in [0.1, 0.15) is 12.7 Å². The van der Waals surface area contributed by atoms with Gasteiger partial charge >= 0.3 is 0 Å². The summed E-state index contributed by atoms with van der Waals surface area (Å²) < 4.78 is 1.56. The van der Waals surface area contributed by atoms with E-state index in [2.05, 4.69) is 36.6 Å². The van der Waals surface area contributed by atoms with Crippen molar-refractivity contribution in [1.29, 1.82) is 0 Å². The molecule has 0 saturated heterocycles. The summed E-state index contributed by atoms with van der Waals surface area (Å²) in [7, 11) is 0. The van der Waals surface area contributed by atoms with E-state index in [9.17, 15) is 4.79 Å². The molecule has 0 aliphatic carbocycles. The number of hydrogen-bond acceptors (Lipinski definition) is 6. The highest BCUT2D eigenvalue weighted by molar-refractivity contribution is 5.93. The number of nitrogens with one attached hydrogen (secondary N) is 1. The minimum Gasteiger partial charge on any atom is -0.346 e. The Labute approximate surface area is 167 Å². The Morgan fingerprint density at radius 3 is 2.76 bits per heavy atom. The zero-order chi connectivity index (χ0) is 20.4. The van der Waals surface area contributed by atoms with Crippen molar-refractivity contribution in [2.45, 2.75) is 27.3 Å². The first-order chi connectivity index (χ1) is 14.0. The van der Waals surface area contributed by atoms with Crippen LogP contribution in [-0.2, 0) is 6.54 Å². The molecular formula is C20H20N8O. The standard InChI is InChI=1S/C20H20N8O/c1-13-6-7-17(14(2)9-13)28-25-15(3)18(26-28)20(29)23-10-16-5-4-8-22-19(16)27-12-21-11-24-27/h4-9,11-12H,10H2,1-3H3,(H,23,29). The van der Waals surface area contributed by atoms with Crippen LogP contribution < -0.4 is 5.32 Å². The Bertz CT molecular complexity index is 1160. The zero-order valence-corrected chi connectivity index (χ0v) is 16.4. The summed E-state index contributed by atoms with van der Waals surface area (Å²) in [4.78, 5) is 22.5. The summed E-state index contributed by atoms with van der Waals surface area (Å²) in [6.07, 6.45) is 4.67. The van der Waals surface area contributed by atoms with Crippen molar-refractivity contribution in [1.82, 2.24) is 40.1 Å². The second kappa shape index (κ2) is 7.63. The number of aromatic nitrogens is 7. The van der Waals surface area contributed by atoms with Crippen LogP contribution in [0.15, 0.2) is 49.2 Å². The van der Waals surface area contributed by atoms with E-state index < -0.39 is 0 Å². The van der Waals surface area contributed by atoms with E-state index >= 15 is 0 Å². The molecule has 4 aromatic rings. The molecule has 3 aromatic heterocycles. The molecule has 1 aromatic carbocycles. The SMILES string of the molecule is Cc1ccc(-n2nc(C)c(C(=O)NCc3cccnc3-n3cncn3)n2)c(C)c1. The van der Waals surface area contributed by atoms with Crippen LogP contribution in [0.2, 0.25) is 0 Å². The molecule has 4 rings (SSSR count). The third-order valence-corrected chi connectivity index (χ3v) is 4.51. The molecule has 0 fully saturated rings. The van der Waals surface area contributed by atoms with Gasteiger partial charge in [-0.25, -0.2) is 14.6 Å². The molecule has 146 valence electrons. The Hall–Kier alpha value is -3.88. The lowest BCUT2D eigenvalue weighted by Crippen LogP contribution is -2.25. The van der Waals surface area contributed by atoms with Gasteiger partial charge in [0.05, 0.1) is 11.4 Å². The van der Waals surface area contributed by atoms with Gasteiger partial charge < -0.3 is 5.32 Å². The Balaban J connectivity index is 1.54. The monoisotopic (exact) mass is 388 g/mol. The van der Waals surface area contributed by atoms with Crippen LogP contribution in [-0.4, -0.2) is 40.6 Å². The minimum absolute atomic E-state index is 0.276. The zero-order valence-electron chi connectivity index (χ0n) is 16.4. The van der Waals surface area contributed by atoms with Crippen LogP contribution in [0.3, 0.4) is 0 Å². The lowest BCUT2D eigenvalue weighted by molar-refractivity contribution is 0.0945. The van der Waals surface area contributed by atoms with E-state index in [1.54, 1.807) is 24.1 Å². The van der Waals surface area contributed by atoms with E-state index in [0.717, 1.165) is 22.4 Å². The molecule has 0 aliphatic heterocycles. The number of hydrogen-bond donors (Lipinski definition) is 1.